The van der Waals surface area contributed by atoms with Crippen molar-refractivity contribution in [2.75, 3.05) is 53.0 Å². The zero-order chi connectivity index (χ0) is 15.1. The average Bonchev–Trinajstić information content (AvgIpc) is 2.37. The summed E-state index contributed by atoms with van der Waals surface area (Å²) in [6.07, 6.45) is 0. The minimum Gasteiger partial charge on any atom is -0.383 e. The Morgan fingerprint density at radius 1 is 1.05 bits per heavy atom. The number of nitrogens with zero attached hydrogens (tertiary/aromatic N) is 3. The Labute approximate surface area is 123 Å². The lowest BCUT2D eigenvalue weighted by atomic mass is 10.2. The fourth-order valence-corrected chi connectivity index (χ4v) is 2.84. The third-order valence-corrected chi connectivity index (χ3v) is 3.84. The largest absolute Gasteiger partial charge is 0.383 e. The van der Waals surface area contributed by atoms with Gasteiger partial charge in [-0.1, -0.05) is 0 Å². The molecule has 1 aliphatic heterocycles. The molecule has 0 bridgehead atoms. The second-order valence-corrected chi connectivity index (χ2v) is 6.10. The Hall–Kier alpha value is -0.650. The van der Waals surface area contributed by atoms with Gasteiger partial charge in [0.1, 0.15) is 0 Å². The molecule has 0 aliphatic carbocycles. The Balaban J connectivity index is 2.37. The molecule has 1 aliphatic rings. The zero-order valence-corrected chi connectivity index (χ0v) is 13.8. The molecule has 0 atom stereocenters. The molecule has 20 heavy (non-hydrogen) atoms. The molecule has 0 radical (unpaired) electrons. The molecule has 1 saturated heterocycles. The topological polar surface area (TPSA) is 36.0 Å². The van der Waals surface area contributed by atoms with Crippen molar-refractivity contribution >= 4 is 5.91 Å². The molecule has 118 valence electrons. The van der Waals surface area contributed by atoms with Crippen LogP contribution in [0.2, 0.25) is 0 Å². The predicted octanol–water partition coefficient (Wildman–Crippen LogP) is 0.896. The van der Waals surface area contributed by atoms with Gasteiger partial charge in [0.05, 0.1) is 13.2 Å². The van der Waals surface area contributed by atoms with E-state index in [2.05, 4.69) is 37.5 Å². The molecule has 5 nitrogen and oxygen atoms in total. The third-order valence-electron chi connectivity index (χ3n) is 3.84. The maximum absolute atomic E-state index is 12.4. The maximum Gasteiger partial charge on any atom is 0.237 e. The minimum absolute atomic E-state index is 0.250. The lowest BCUT2D eigenvalue weighted by molar-refractivity contribution is -0.136. The number of piperazine rings is 1. The summed E-state index contributed by atoms with van der Waals surface area (Å²) in [7, 11) is 1.74. The lowest BCUT2D eigenvalue weighted by Crippen LogP contribution is -2.52. The molecule has 1 amide bonds. The highest BCUT2D eigenvalue weighted by Crippen LogP contribution is 2.08. The van der Waals surface area contributed by atoms with Gasteiger partial charge in [-0.2, -0.15) is 0 Å². The van der Waals surface area contributed by atoms with Crippen LogP contribution >= 0.6 is 0 Å². The number of hydrogen-bond acceptors (Lipinski definition) is 4. The first-order valence-corrected chi connectivity index (χ1v) is 7.70. The van der Waals surface area contributed by atoms with Gasteiger partial charge in [-0.3, -0.25) is 14.6 Å². The quantitative estimate of drug-likeness (QED) is 0.696. The van der Waals surface area contributed by atoms with Crippen LogP contribution < -0.4 is 0 Å². The Kier molecular flexibility index (Phi) is 7.48. The van der Waals surface area contributed by atoms with Gasteiger partial charge in [0.25, 0.3) is 0 Å². The predicted molar refractivity (Wildman–Crippen MR) is 81.9 cm³/mol. The van der Waals surface area contributed by atoms with E-state index in [1.807, 2.05) is 4.90 Å². The summed E-state index contributed by atoms with van der Waals surface area (Å²) < 4.78 is 5.10. The molecule has 1 heterocycles. The summed E-state index contributed by atoms with van der Waals surface area (Å²) in [6.45, 7) is 14.7. The van der Waals surface area contributed by atoms with E-state index in [1.165, 1.54) is 0 Å². The van der Waals surface area contributed by atoms with Gasteiger partial charge in [-0.25, -0.2) is 0 Å². The van der Waals surface area contributed by atoms with Crippen LogP contribution in [-0.4, -0.2) is 85.7 Å². The van der Waals surface area contributed by atoms with Crippen molar-refractivity contribution in [2.45, 2.75) is 39.8 Å². The number of carbonyl (C=O) groups is 1. The smallest absolute Gasteiger partial charge is 0.237 e. The zero-order valence-electron chi connectivity index (χ0n) is 13.8. The number of methoxy groups -OCH3 is 1. The fourth-order valence-electron chi connectivity index (χ4n) is 2.84. The van der Waals surface area contributed by atoms with Crippen LogP contribution in [0.15, 0.2) is 0 Å². The van der Waals surface area contributed by atoms with Gasteiger partial charge in [0.2, 0.25) is 5.91 Å². The third kappa shape index (κ3) is 5.38. The second-order valence-electron chi connectivity index (χ2n) is 6.10. The molecule has 1 fully saturated rings. The highest BCUT2D eigenvalue weighted by Gasteiger charge is 2.24. The SMILES string of the molecule is COCCN1CCN(CC(=O)N(C(C)C)C(C)C)CC1. The first-order chi connectivity index (χ1) is 9.45. The summed E-state index contributed by atoms with van der Waals surface area (Å²) in [5, 5.41) is 0. The standard InChI is InChI=1S/C15H31N3O2/c1-13(2)18(14(3)4)15(19)12-17-8-6-16(7-9-17)10-11-20-5/h13-14H,6-12H2,1-5H3. The molecule has 0 aromatic rings. The van der Waals surface area contributed by atoms with Crippen LogP contribution in [0.1, 0.15) is 27.7 Å². The Morgan fingerprint density at radius 2 is 1.55 bits per heavy atom. The monoisotopic (exact) mass is 285 g/mol. The van der Waals surface area contributed by atoms with Crippen molar-refractivity contribution in [3.63, 3.8) is 0 Å². The van der Waals surface area contributed by atoms with Gasteiger partial charge in [0.15, 0.2) is 0 Å². The van der Waals surface area contributed by atoms with Gasteiger partial charge in [-0.05, 0) is 27.7 Å². The van der Waals surface area contributed by atoms with E-state index in [1.54, 1.807) is 7.11 Å². The van der Waals surface area contributed by atoms with Crippen molar-refractivity contribution < 1.29 is 9.53 Å². The molecule has 0 saturated carbocycles. The molecular formula is C15H31N3O2. The second kappa shape index (κ2) is 8.60. The van der Waals surface area contributed by atoms with Gasteiger partial charge >= 0.3 is 0 Å². The lowest BCUT2D eigenvalue weighted by Gasteiger charge is -2.37. The highest BCUT2D eigenvalue weighted by atomic mass is 16.5. The first-order valence-electron chi connectivity index (χ1n) is 7.70. The van der Waals surface area contributed by atoms with Gasteiger partial charge in [0, 0.05) is 51.9 Å². The van der Waals surface area contributed by atoms with E-state index < -0.39 is 0 Å². The summed E-state index contributed by atoms with van der Waals surface area (Å²) in [5.41, 5.74) is 0. The summed E-state index contributed by atoms with van der Waals surface area (Å²) in [5.74, 6) is 0.250. The summed E-state index contributed by atoms with van der Waals surface area (Å²) >= 11 is 0. The molecule has 0 unspecified atom stereocenters. The normalized spacial score (nSPS) is 17.9. The minimum atomic E-state index is 0.250. The maximum atomic E-state index is 12.4. The van der Waals surface area contributed by atoms with E-state index in [9.17, 15) is 4.79 Å². The first kappa shape index (κ1) is 17.4. The molecule has 1 rings (SSSR count). The van der Waals surface area contributed by atoms with Crippen molar-refractivity contribution in [1.82, 2.24) is 14.7 Å². The molecule has 0 N–H and O–H groups in total. The number of hydrogen-bond donors (Lipinski definition) is 0. The number of amides is 1. The Bertz CT molecular complexity index is 279. The van der Waals surface area contributed by atoms with Crippen LogP contribution in [0, 0.1) is 0 Å². The Morgan fingerprint density at radius 3 is 2.00 bits per heavy atom. The van der Waals surface area contributed by atoms with Crippen LogP contribution in [0.4, 0.5) is 0 Å². The van der Waals surface area contributed by atoms with E-state index in [-0.39, 0.29) is 18.0 Å². The van der Waals surface area contributed by atoms with E-state index in [4.69, 9.17) is 4.74 Å². The van der Waals surface area contributed by atoms with E-state index in [0.717, 1.165) is 39.3 Å². The molecule has 5 heteroatoms. The van der Waals surface area contributed by atoms with Crippen molar-refractivity contribution in [1.29, 1.82) is 0 Å². The number of ether oxygens (including phenoxy) is 1. The molecule has 0 aromatic heterocycles. The van der Waals surface area contributed by atoms with Crippen LogP contribution in [0.25, 0.3) is 0 Å². The van der Waals surface area contributed by atoms with Crippen LogP contribution in [-0.2, 0) is 9.53 Å². The molecular weight excluding hydrogens is 254 g/mol. The fraction of sp³-hybridized carbons (Fsp3) is 0.933. The van der Waals surface area contributed by atoms with Crippen LogP contribution in [0.3, 0.4) is 0 Å². The number of rotatable bonds is 7. The van der Waals surface area contributed by atoms with E-state index >= 15 is 0 Å². The van der Waals surface area contributed by atoms with Crippen LogP contribution in [0.5, 0.6) is 0 Å². The summed E-state index contributed by atoms with van der Waals surface area (Å²) in [4.78, 5) is 19.0. The number of carbonyl (C=O) groups excluding carboxylic acids is 1. The highest BCUT2D eigenvalue weighted by molar-refractivity contribution is 5.78. The molecule has 0 spiro atoms. The summed E-state index contributed by atoms with van der Waals surface area (Å²) in [6, 6.07) is 0.538. The van der Waals surface area contributed by atoms with Crippen molar-refractivity contribution in [2.24, 2.45) is 0 Å². The van der Waals surface area contributed by atoms with Crippen molar-refractivity contribution in [3.8, 4) is 0 Å². The average molecular weight is 285 g/mol. The van der Waals surface area contributed by atoms with Gasteiger partial charge in [-0.15, -0.1) is 0 Å². The van der Waals surface area contributed by atoms with E-state index in [0.29, 0.717) is 6.54 Å². The van der Waals surface area contributed by atoms with Gasteiger partial charge < -0.3 is 9.64 Å². The molecule has 0 aromatic carbocycles. The van der Waals surface area contributed by atoms with Crippen molar-refractivity contribution in [3.05, 3.63) is 0 Å².